The maximum Gasteiger partial charge on any atom is 0.237 e. The zero-order chi connectivity index (χ0) is 18.9. The van der Waals surface area contributed by atoms with Crippen molar-refractivity contribution in [2.45, 2.75) is 63.5 Å². The molecule has 5 nitrogen and oxygen atoms in total. The molecule has 1 aromatic carbocycles. The van der Waals surface area contributed by atoms with Crippen molar-refractivity contribution in [2.75, 3.05) is 32.8 Å². The van der Waals surface area contributed by atoms with E-state index >= 15 is 0 Å². The number of carbonyl (C=O) groups excluding carboxylic acids is 1. The van der Waals surface area contributed by atoms with Gasteiger partial charge in [-0.3, -0.25) is 9.69 Å². The number of fused-ring (bicyclic) bond motifs is 2. The molecule has 0 bridgehead atoms. The van der Waals surface area contributed by atoms with Crippen LogP contribution in [0.5, 0.6) is 11.5 Å². The van der Waals surface area contributed by atoms with Crippen LogP contribution in [0.4, 0.5) is 0 Å². The van der Waals surface area contributed by atoms with Gasteiger partial charge in [0.1, 0.15) is 13.2 Å². The van der Waals surface area contributed by atoms with E-state index in [0.29, 0.717) is 37.7 Å². The summed E-state index contributed by atoms with van der Waals surface area (Å²) in [6, 6.07) is 7.12. The molecule has 5 rings (SSSR count). The molecule has 4 aliphatic rings. The van der Waals surface area contributed by atoms with Crippen molar-refractivity contribution >= 4 is 5.91 Å². The van der Waals surface area contributed by atoms with Gasteiger partial charge >= 0.3 is 0 Å². The van der Waals surface area contributed by atoms with Crippen molar-refractivity contribution in [3.63, 3.8) is 0 Å². The number of likely N-dealkylation sites (tertiary alicyclic amines) is 2. The SMILES string of the molecule is O=C(CN1CCC[C@@H]1c1ccc2c(c1)OCCO2)N1CCC[C@H]2CCCC[C@@H]21. The lowest BCUT2D eigenvalue weighted by Gasteiger charge is -2.44. The van der Waals surface area contributed by atoms with Gasteiger partial charge in [0.05, 0.1) is 6.54 Å². The molecule has 0 radical (unpaired) electrons. The molecular formula is C23H32N2O3. The molecule has 3 atom stereocenters. The van der Waals surface area contributed by atoms with Crippen LogP contribution in [0.1, 0.15) is 63.0 Å². The molecule has 0 aromatic heterocycles. The second-order valence-corrected chi connectivity index (χ2v) is 8.87. The Bertz CT molecular complexity index is 720. The van der Waals surface area contributed by atoms with Gasteiger partial charge in [-0.1, -0.05) is 18.9 Å². The lowest BCUT2D eigenvalue weighted by Crippen LogP contribution is -2.52. The van der Waals surface area contributed by atoms with E-state index in [2.05, 4.69) is 21.9 Å². The third-order valence-corrected chi connectivity index (χ3v) is 7.22. The lowest BCUT2D eigenvalue weighted by atomic mass is 9.78. The van der Waals surface area contributed by atoms with Crippen LogP contribution in [0, 0.1) is 5.92 Å². The van der Waals surface area contributed by atoms with Gasteiger partial charge in [-0.25, -0.2) is 0 Å². The van der Waals surface area contributed by atoms with Gasteiger partial charge in [0.15, 0.2) is 11.5 Å². The molecule has 3 aliphatic heterocycles. The summed E-state index contributed by atoms with van der Waals surface area (Å²) in [4.78, 5) is 17.9. The number of hydrogen-bond donors (Lipinski definition) is 0. The Labute approximate surface area is 168 Å². The maximum atomic E-state index is 13.3. The van der Waals surface area contributed by atoms with Gasteiger partial charge in [0, 0.05) is 18.6 Å². The normalized spacial score (nSPS) is 30.1. The first-order valence-corrected chi connectivity index (χ1v) is 11.2. The molecule has 3 fully saturated rings. The van der Waals surface area contributed by atoms with Gasteiger partial charge in [0.2, 0.25) is 5.91 Å². The number of rotatable bonds is 3. The summed E-state index contributed by atoms with van der Waals surface area (Å²) in [5, 5.41) is 0. The Morgan fingerprint density at radius 3 is 2.64 bits per heavy atom. The van der Waals surface area contributed by atoms with Crippen LogP contribution >= 0.6 is 0 Å². The average molecular weight is 385 g/mol. The second-order valence-electron chi connectivity index (χ2n) is 8.87. The van der Waals surface area contributed by atoms with Crippen molar-refractivity contribution < 1.29 is 14.3 Å². The predicted molar refractivity (Wildman–Crippen MR) is 108 cm³/mol. The third-order valence-electron chi connectivity index (χ3n) is 7.22. The first-order chi connectivity index (χ1) is 13.8. The van der Waals surface area contributed by atoms with Gasteiger partial charge < -0.3 is 14.4 Å². The Morgan fingerprint density at radius 1 is 0.929 bits per heavy atom. The number of carbonyl (C=O) groups is 1. The highest BCUT2D eigenvalue weighted by Crippen LogP contribution is 2.39. The zero-order valence-corrected chi connectivity index (χ0v) is 16.8. The van der Waals surface area contributed by atoms with Crippen LogP contribution in [-0.4, -0.2) is 54.6 Å². The van der Waals surface area contributed by atoms with Crippen LogP contribution in [0.15, 0.2) is 18.2 Å². The quantitative estimate of drug-likeness (QED) is 0.795. The Hall–Kier alpha value is -1.75. The summed E-state index contributed by atoms with van der Waals surface area (Å²) in [5.74, 6) is 2.79. The van der Waals surface area contributed by atoms with Gasteiger partial charge in [-0.15, -0.1) is 0 Å². The Morgan fingerprint density at radius 2 is 1.71 bits per heavy atom. The monoisotopic (exact) mass is 384 g/mol. The molecule has 1 aliphatic carbocycles. The van der Waals surface area contributed by atoms with Crippen molar-refractivity contribution in [3.05, 3.63) is 23.8 Å². The highest BCUT2D eigenvalue weighted by Gasteiger charge is 2.37. The summed E-state index contributed by atoms with van der Waals surface area (Å²) in [5.41, 5.74) is 1.25. The van der Waals surface area contributed by atoms with E-state index in [0.717, 1.165) is 43.3 Å². The van der Waals surface area contributed by atoms with Gasteiger partial charge in [-0.05, 0) is 68.7 Å². The summed E-state index contributed by atoms with van der Waals surface area (Å²) >= 11 is 0. The van der Waals surface area contributed by atoms with Crippen LogP contribution in [0.25, 0.3) is 0 Å². The molecule has 1 aromatic rings. The number of benzene rings is 1. The fourth-order valence-corrected chi connectivity index (χ4v) is 5.86. The lowest BCUT2D eigenvalue weighted by molar-refractivity contribution is -0.139. The summed E-state index contributed by atoms with van der Waals surface area (Å²) in [7, 11) is 0. The first-order valence-electron chi connectivity index (χ1n) is 11.2. The van der Waals surface area contributed by atoms with Crippen LogP contribution in [-0.2, 0) is 4.79 Å². The van der Waals surface area contributed by atoms with E-state index in [9.17, 15) is 4.79 Å². The number of ether oxygens (including phenoxy) is 2. The number of hydrogen-bond acceptors (Lipinski definition) is 4. The van der Waals surface area contributed by atoms with E-state index < -0.39 is 0 Å². The molecule has 28 heavy (non-hydrogen) atoms. The van der Waals surface area contributed by atoms with Crippen LogP contribution in [0.2, 0.25) is 0 Å². The van der Waals surface area contributed by atoms with E-state index in [1.807, 2.05) is 6.07 Å². The van der Waals surface area contributed by atoms with E-state index in [-0.39, 0.29) is 0 Å². The minimum absolute atomic E-state index is 0.312. The minimum atomic E-state index is 0.312. The van der Waals surface area contributed by atoms with Crippen molar-refractivity contribution in [2.24, 2.45) is 5.92 Å². The minimum Gasteiger partial charge on any atom is -0.486 e. The Kier molecular flexibility index (Phi) is 5.19. The van der Waals surface area contributed by atoms with Gasteiger partial charge in [0.25, 0.3) is 0 Å². The maximum absolute atomic E-state index is 13.3. The van der Waals surface area contributed by atoms with Crippen LogP contribution in [0.3, 0.4) is 0 Å². The topological polar surface area (TPSA) is 42.0 Å². The summed E-state index contributed by atoms with van der Waals surface area (Å²) in [6.45, 7) is 3.76. The molecule has 1 amide bonds. The second kappa shape index (κ2) is 7.94. The van der Waals surface area contributed by atoms with Crippen LogP contribution < -0.4 is 9.47 Å². The predicted octanol–water partition coefficient (Wildman–Crippen LogP) is 3.78. The molecule has 152 valence electrons. The molecule has 0 unspecified atom stereocenters. The third kappa shape index (κ3) is 3.49. The highest BCUT2D eigenvalue weighted by molar-refractivity contribution is 5.79. The smallest absolute Gasteiger partial charge is 0.237 e. The molecule has 0 N–H and O–H groups in total. The van der Waals surface area contributed by atoms with Crippen molar-refractivity contribution in [1.29, 1.82) is 0 Å². The van der Waals surface area contributed by atoms with E-state index in [4.69, 9.17) is 9.47 Å². The standard InChI is InChI=1S/C23H32N2O3/c26-23(25-12-3-6-17-5-1-2-7-20(17)25)16-24-11-4-8-19(24)18-9-10-21-22(15-18)28-14-13-27-21/h9-10,15,17,19-20H,1-8,11-14,16H2/t17-,19-,20+/m1/s1. The number of nitrogens with zero attached hydrogens (tertiary/aromatic N) is 2. The molecule has 5 heteroatoms. The summed E-state index contributed by atoms with van der Waals surface area (Å²) < 4.78 is 11.4. The molecule has 3 heterocycles. The average Bonchev–Trinajstić information content (AvgIpc) is 3.21. The molecular weight excluding hydrogens is 352 g/mol. The fourth-order valence-electron chi connectivity index (χ4n) is 5.86. The number of piperidine rings is 1. The molecule has 2 saturated heterocycles. The molecule has 0 spiro atoms. The van der Waals surface area contributed by atoms with Gasteiger partial charge in [-0.2, -0.15) is 0 Å². The fraction of sp³-hybridized carbons (Fsp3) is 0.696. The molecule has 1 saturated carbocycles. The van der Waals surface area contributed by atoms with E-state index in [1.165, 1.54) is 44.1 Å². The van der Waals surface area contributed by atoms with Crippen molar-refractivity contribution in [3.8, 4) is 11.5 Å². The highest BCUT2D eigenvalue weighted by atomic mass is 16.6. The summed E-state index contributed by atoms with van der Waals surface area (Å²) in [6.07, 6.45) is 9.92. The zero-order valence-electron chi connectivity index (χ0n) is 16.8. The Balaban J connectivity index is 1.28. The van der Waals surface area contributed by atoms with Crippen molar-refractivity contribution in [1.82, 2.24) is 9.80 Å². The number of amides is 1. The first kappa shape index (κ1) is 18.3. The largest absolute Gasteiger partial charge is 0.486 e. The van der Waals surface area contributed by atoms with E-state index in [1.54, 1.807) is 0 Å².